The molecule has 2 aromatic rings. The maximum absolute atomic E-state index is 12.4. The van der Waals surface area contributed by atoms with Crippen LogP contribution in [0.15, 0.2) is 42.6 Å². The van der Waals surface area contributed by atoms with Crippen molar-refractivity contribution in [3.05, 3.63) is 58.9 Å². The third kappa shape index (κ3) is 6.05. The minimum absolute atomic E-state index is 0.142. The highest BCUT2D eigenvalue weighted by molar-refractivity contribution is 6.30. The third-order valence-electron chi connectivity index (χ3n) is 3.92. The van der Waals surface area contributed by atoms with Crippen molar-refractivity contribution < 1.29 is 4.79 Å². The zero-order valence-electron chi connectivity index (χ0n) is 15.0. The summed E-state index contributed by atoms with van der Waals surface area (Å²) in [7, 11) is 0. The van der Waals surface area contributed by atoms with E-state index in [0.717, 1.165) is 43.6 Å². The number of pyridine rings is 1. The minimum Gasteiger partial charge on any atom is -0.371 e. The summed E-state index contributed by atoms with van der Waals surface area (Å²) in [5.74, 6) is -0.142. The van der Waals surface area contributed by atoms with E-state index in [9.17, 15) is 4.79 Å². The second-order valence-electron chi connectivity index (χ2n) is 6.02. The molecule has 0 aliphatic heterocycles. The number of carbonyl (C=O) groups excluding carboxylic acids is 1. The third-order valence-corrected chi connectivity index (χ3v) is 4.15. The average molecular weight is 360 g/mol. The van der Waals surface area contributed by atoms with E-state index < -0.39 is 0 Å². The van der Waals surface area contributed by atoms with Crippen LogP contribution in [-0.4, -0.2) is 30.5 Å². The number of hydrogen-bond donors (Lipinski definition) is 1. The normalized spacial score (nSPS) is 10.5. The van der Waals surface area contributed by atoms with Gasteiger partial charge in [-0.3, -0.25) is 9.78 Å². The van der Waals surface area contributed by atoms with E-state index in [2.05, 4.69) is 29.0 Å². The highest BCUT2D eigenvalue weighted by Crippen LogP contribution is 2.16. The van der Waals surface area contributed by atoms with Crippen LogP contribution in [0, 0.1) is 0 Å². The molecule has 4 nitrogen and oxygen atoms in total. The van der Waals surface area contributed by atoms with E-state index in [1.54, 1.807) is 6.20 Å². The molecule has 134 valence electrons. The summed E-state index contributed by atoms with van der Waals surface area (Å²) >= 11 is 5.98. The van der Waals surface area contributed by atoms with Crippen LogP contribution >= 0.6 is 11.6 Å². The number of benzene rings is 1. The second kappa shape index (κ2) is 10.0. The van der Waals surface area contributed by atoms with Crippen molar-refractivity contribution in [3.8, 4) is 0 Å². The molecule has 0 aliphatic rings. The molecule has 0 unspecified atom stereocenters. The van der Waals surface area contributed by atoms with Crippen molar-refractivity contribution in [2.45, 2.75) is 33.1 Å². The molecule has 0 atom stereocenters. The van der Waals surface area contributed by atoms with Gasteiger partial charge in [-0.15, -0.1) is 0 Å². The first-order valence-corrected chi connectivity index (χ1v) is 9.25. The van der Waals surface area contributed by atoms with Crippen LogP contribution in [0.4, 0.5) is 5.69 Å². The zero-order valence-corrected chi connectivity index (χ0v) is 15.7. The van der Waals surface area contributed by atoms with Gasteiger partial charge in [0.05, 0.1) is 0 Å². The monoisotopic (exact) mass is 359 g/mol. The summed E-state index contributed by atoms with van der Waals surface area (Å²) in [5, 5.41) is 3.65. The number of nitrogens with zero attached hydrogens (tertiary/aromatic N) is 2. The smallest absolute Gasteiger partial charge is 0.269 e. The van der Waals surface area contributed by atoms with Crippen molar-refractivity contribution in [1.82, 2.24) is 10.3 Å². The first kappa shape index (κ1) is 19.3. The Morgan fingerprint density at radius 2 is 1.92 bits per heavy atom. The summed E-state index contributed by atoms with van der Waals surface area (Å²) in [6, 6.07) is 11.5. The molecular formula is C20H26ClN3O. The van der Waals surface area contributed by atoms with E-state index in [1.807, 2.05) is 36.4 Å². The molecule has 0 radical (unpaired) electrons. The molecule has 1 N–H and O–H groups in total. The Bertz CT molecular complexity index is 684. The molecule has 0 aliphatic carbocycles. The Hall–Kier alpha value is -2.07. The lowest BCUT2D eigenvalue weighted by Gasteiger charge is -2.23. The lowest BCUT2D eigenvalue weighted by molar-refractivity contribution is 0.0949. The Morgan fingerprint density at radius 1 is 1.16 bits per heavy atom. The molecule has 25 heavy (non-hydrogen) atoms. The maximum atomic E-state index is 12.4. The molecule has 1 aromatic heterocycles. The number of anilines is 1. The molecule has 0 bridgehead atoms. The number of amides is 1. The maximum Gasteiger partial charge on any atom is 0.269 e. The van der Waals surface area contributed by atoms with Crippen LogP contribution in [0.5, 0.6) is 0 Å². The van der Waals surface area contributed by atoms with Crippen molar-refractivity contribution in [3.63, 3.8) is 0 Å². The van der Waals surface area contributed by atoms with E-state index in [-0.39, 0.29) is 5.91 Å². The molecule has 1 aromatic carbocycles. The van der Waals surface area contributed by atoms with Crippen molar-refractivity contribution in [2.75, 3.05) is 24.5 Å². The first-order chi connectivity index (χ1) is 12.1. The molecule has 2 rings (SSSR count). The van der Waals surface area contributed by atoms with Crippen LogP contribution < -0.4 is 10.2 Å². The van der Waals surface area contributed by atoms with Crippen LogP contribution in [-0.2, 0) is 6.42 Å². The fraction of sp³-hybridized carbons (Fsp3) is 0.400. The molecule has 0 saturated carbocycles. The van der Waals surface area contributed by atoms with Gasteiger partial charge in [0.2, 0.25) is 0 Å². The van der Waals surface area contributed by atoms with E-state index >= 15 is 0 Å². The summed E-state index contributed by atoms with van der Waals surface area (Å²) in [4.78, 5) is 18.9. The van der Waals surface area contributed by atoms with E-state index in [1.165, 1.54) is 0 Å². The number of rotatable bonds is 9. The van der Waals surface area contributed by atoms with Gasteiger partial charge in [-0.25, -0.2) is 0 Å². The van der Waals surface area contributed by atoms with Crippen LogP contribution in [0.2, 0.25) is 5.02 Å². The zero-order chi connectivity index (χ0) is 18.1. The van der Waals surface area contributed by atoms with Gasteiger partial charge in [-0.05, 0) is 49.1 Å². The van der Waals surface area contributed by atoms with E-state index in [0.29, 0.717) is 17.3 Å². The molecule has 5 heteroatoms. The van der Waals surface area contributed by atoms with Crippen LogP contribution in [0.25, 0.3) is 0 Å². The van der Waals surface area contributed by atoms with Gasteiger partial charge in [0, 0.05) is 36.5 Å². The van der Waals surface area contributed by atoms with Gasteiger partial charge in [-0.1, -0.05) is 37.6 Å². The molecule has 0 spiro atoms. The Labute approximate surface area is 155 Å². The largest absolute Gasteiger partial charge is 0.371 e. The Morgan fingerprint density at radius 3 is 2.60 bits per heavy atom. The predicted octanol–water partition coefficient (Wildman–Crippen LogP) is 4.33. The quantitative estimate of drug-likeness (QED) is 0.724. The van der Waals surface area contributed by atoms with Gasteiger partial charge in [0.25, 0.3) is 5.91 Å². The molecule has 0 fully saturated rings. The number of nitrogens with one attached hydrogen (secondary N) is 1. The molecule has 0 saturated heterocycles. The van der Waals surface area contributed by atoms with Gasteiger partial charge < -0.3 is 10.2 Å². The lowest BCUT2D eigenvalue weighted by Crippen LogP contribution is -2.28. The van der Waals surface area contributed by atoms with Crippen LogP contribution in [0.3, 0.4) is 0 Å². The fourth-order valence-electron chi connectivity index (χ4n) is 2.75. The molecule has 1 amide bonds. The topological polar surface area (TPSA) is 45.2 Å². The summed E-state index contributed by atoms with van der Waals surface area (Å²) in [6.07, 6.45) is 4.59. The van der Waals surface area contributed by atoms with Gasteiger partial charge in [0.1, 0.15) is 5.69 Å². The van der Waals surface area contributed by atoms with Gasteiger partial charge >= 0.3 is 0 Å². The fourth-order valence-corrected chi connectivity index (χ4v) is 2.97. The standard InChI is InChI=1S/C20H26ClN3O/c1-3-12-24(13-4-2)18-9-11-22-19(15-18)20(25)23-10-8-16-6-5-7-17(21)14-16/h5-7,9,11,14-15H,3-4,8,10,12-13H2,1-2H3,(H,23,25). The molecule has 1 heterocycles. The number of halogens is 1. The summed E-state index contributed by atoms with van der Waals surface area (Å²) in [5.41, 5.74) is 2.62. The highest BCUT2D eigenvalue weighted by Gasteiger charge is 2.11. The summed E-state index contributed by atoms with van der Waals surface area (Å²) < 4.78 is 0. The van der Waals surface area contributed by atoms with E-state index in [4.69, 9.17) is 11.6 Å². The van der Waals surface area contributed by atoms with Crippen molar-refractivity contribution >= 4 is 23.2 Å². The van der Waals surface area contributed by atoms with Crippen molar-refractivity contribution in [1.29, 1.82) is 0 Å². The Balaban J connectivity index is 1.95. The Kier molecular flexibility index (Phi) is 7.74. The number of hydrogen-bond acceptors (Lipinski definition) is 3. The predicted molar refractivity (Wildman–Crippen MR) is 105 cm³/mol. The SMILES string of the molecule is CCCN(CCC)c1ccnc(C(=O)NCCc2cccc(Cl)c2)c1. The second-order valence-corrected chi connectivity index (χ2v) is 6.46. The average Bonchev–Trinajstić information content (AvgIpc) is 2.61. The van der Waals surface area contributed by atoms with Crippen molar-refractivity contribution in [2.24, 2.45) is 0 Å². The van der Waals surface area contributed by atoms with Gasteiger partial charge in [-0.2, -0.15) is 0 Å². The van der Waals surface area contributed by atoms with Gasteiger partial charge in [0.15, 0.2) is 0 Å². The first-order valence-electron chi connectivity index (χ1n) is 8.87. The van der Waals surface area contributed by atoms with Crippen LogP contribution in [0.1, 0.15) is 42.7 Å². The lowest BCUT2D eigenvalue weighted by atomic mass is 10.1. The number of aromatic nitrogens is 1. The number of carbonyl (C=O) groups is 1. The summed E-state index contributed by atoms with van der Waals surface area (Å²) in [6.45, 7) is 6.83. The highest BCUT2D eigenvalue weighted by atomic mass is 35.5. The molecular weight excluding hydrogens is 334 g/mol. The minimum atomic E-state index is -0.142.